The summed E-state index contributed by atoms with van der Waals surface area (Å²) in [4.78, 5) is 8.90. The van der Waals surface area contributed by atoms with E-state index in [-0.39, 0.29) is 0 Å². The number of rotatable bonds is 7. The molecule has 25 heavy (non-hydrogen) atoms. The molecular formula is C20H22N4O. The molecule has 0 saturated heterocycles. The Morgan fingerprint density at radius 2 is 1.64 bits per heavy atom. The lowest BCUT2D eigenvalue weighted by molar-refractivity contribution is 0.415. The minimum Gasteiger partial charge on any atom is -0.497 e. The van der Waals surface area contributed by atoms with E-state index in [9.17, 15) is 0 Å². The Morgan fingerprint density at radius 3 is 2.36 bits per heavy atom. The molecule has 0 spiro atoms. The summed E-state index contributed by atoms with van der Waals surface area (Å²) in [6.45, 7) is 2.71. The van der Waals surface area contributed by atoms with Crippen LogP contribution in [0.1, 0.15) is 11.4 Å². The minimum absolute atomic E-state index is 0.723. The van der Waals surface area contributed by atoms with Crippen LogP contribution in [-0.4, -0.2) is 23.6 Å². The number of hydrogen-bond donors (Lipinski definition) is 2. The van der Waals surface area contributed by atoms with E-state index in [1.165, 1.54) is 5.56 Å². The highest BCUT2D eigenvalue weighted by molar-refractivity contribution is 5.60. The fraction of sp³-hybridized carbons (Fsp3) is 0.200. The monoisotopic (exact) mass is 334 g/mol. The number of anilines is 3. The summed E-state index contributed by atoms with van der Waals surface area (Å²) in [6, 6.07) is 20.1. The molecule has 0 aliphatic carbocycles. The normalized spacial score (nSPS) is 10.3. The maximum atomic E-state index is 5.17. The molecule has 3 rings (SSSR count). The van der Waals surface area contributed by atoms with Crippen molar-refractivity contribution in [3.05, 3.63) is 72.1 Å². The number of hydrogen-bond acceptors (Lipinski definition) is 5. The van der Waals surface area contributed by atoms with Crippen molar-refractivity contribution in [3.8, 4) is 5.75 Å². The fourth-order valence-electron chi connectivity index (χ4n) is 2.52. The number of benzene rings is 2. The lowest BCUT2D eigenvalue weighted by Gasteiger charge is -2.11. The number of methoxy groups -OCH3 is 1. The third-order valence-corrected chi connectivity index (χ3v) is 3.76. The molecule has 0 aliphatic heterocycles. The molecule has 0 unspecified atom stereocenters. The van der Waals surface area contributed by atoms with Crippen molar-refractivity contribution < 1.29 is 4.74 Å². The van der Waals surface area contributed by atoms with E-state index in [2.05, 4.69) is 44.9 Å². The second kappa shape index (κ2) is 8.15. The van der Waals surface area contributed by atoms with Gasteiger partial charge in [0.1, 0.15) is 23.2 Å². The van der Waals surface area contributed by atoms with Gasteiger partial charge in [0.05, 0.1) is 7.11 Å². The highest BCUT2D eigenvalue weighted by Crippen LogP contribution is 2.20. The minimum atomic E-state index is 0.723. The average Bonchev–Trinajstić information content (AvgIpc) is 2.63. The predicted molar refractivity (Wildman–Crippen MR) is 102 cm³/mol. The number of aryl methyl sites for hydroxylation is 1. The summed E-state index contributed by atoms with van der Waals surface area (Å²) in [7, 11) is 1.66. The molecule has 2 N–H and O–H groups in total. The largest absolute Gasteiger partial charge is 0.497 e. The summed E-state index contributed by atoms with van der Waals surface area (Å²) >= 11 is 0. The van der Waals surface area contributed by atoms with Gasteiger partial charge in [-0.1, -0.05) is 30.3 Å². The van der Waals surface area contributed by atoms with Crippen LogP contribution >= 0.6 is 0 Å². The van der Waals surface area contributed by atoms with Crippen molar-refractivity contribution in [1.29, 1.82) is 0 Å². The standard InChI is InChI=1S/C20H22N4O/c1-15-22-19(21-13-12-16-6-4-3-5-7-16)14-20(23-15)24-17-8-10-18(25-2)11-9-17/h3-11,14H,12-13H2,1-2H3,(H2,21,22,23,24). The zero-order valence-corrected chi connectivity index (χ0v) is 14.5. The number of ether oxygens (including phenoxy) is 1. The van der Waals surface area contributed by atoms with E-state index in [1.54, 1.807) is 7.11 Å². The van der Waals surface area contributed by atoms with Gasteiger partial charge in [0.25, 0.3) is 0 Å². The average molecular weight is 334 g/mol. The van der Waals surface area contributed by atoms with Gasteiger partial charge >= 0.3 is 0 Å². The molecule has 0 bridgehead atoms. The molecule has 5 nitrogen and oxygen atoms in total. The van der Waals surface area contributed by atoms with Gasteiger partial charge in [-0.2, -0.15) is 0 Å². The molecule has 1 aromatic heterocycles. The van der Waals surface area contributed by atoms with Gasteiger partial charge in [-0.25, -0.2) is 9.97 Å². The van der Waals surface area contributed by atoms with Gasteiger partial charge in [-0.05, 0) is 43.2 Å². The van der Waals surface area contributed by atoms with Gasteiger partial charge in [0.2, 0.25) is 0 Å². The molecule has 128 valence electrons. The number of aromatic nitrogens is 2. The van der Waals surface area contributed by atoms with Crippen molar-refractivity contribution in [2.24, 2.45) is 0 Å². The second-order valence-corrected chi connectivity index (χ2v) is 5.70. The van der Waals surface area contributed by atoms with E-state index in [4.69, 9.17) is 4.74 Å². The number of nitrogens with zero attached hydrogens (tertiary/aromatic N) is 2. The molecule has 0 saturated carbocycles. The quantitative estimate of drug-likeness (QED) is 0.678. The highest BCUT2D eigenvalue weighted by atomic mass is 16.5. The second-order valence-electron chi connectivity index (χ2n) is 5.70. The zero-order chi connectivity index (χ0) is 17.5. The molecule has 0 radical (unpaired) electrons. The van der Waals surface area contributed by atoms with Crippen LogP contribution < -0.4 is 15.4 Å². The van der Waals surface area contributed by atoms with E-state index >= 15 is 0 Å². The van der Waals surface area contributed by atoms with E-state index in [0.29, 0.717) is 0 Å². The van der Waals surface area contributed by atoms with E-state index < -0.39 is 0 Å². The molecule has 2 aromatic carbocycles. The van der Waals surface area contributed by atoms with E-state index in [0.717, 1.165) is 41.9 Å². The third kappa shape index (κ3) is 4.94. The fourth-order valence-corrected chi connectivity index (χ4v) is 2.52. The summed E-state index contributed by atoms with van der Waals surface area (Å²) in [6.07, 6.45) is 0.950. The Kier molecular flexibility index (Phi) is 5.46. The first-order chi connectivity index (χ1) is 12.2. The summed E-state index contributed by atoms with van der Waals surface area (Å²) in [5.41, 5.74) is 2.26. The number of nitrogens with one attached hydrogen (secondary N) is 2. The smallest absolute Gasteiger partial charge is 0.136 e. The Labute approximate surface area is 148 Å². The van der Waals surface area contributed by atoms with Crippen molar-refractivity contribution in [2.75, 3.05) is 24.3 Å². The van der Waals surface area contributed by atoms with Crippen molar-refractivity contribution in [2.45, 2.75) is 13.3 Å². The van der Waals surface area contributed by atoms with E-state index in [1.807, 2.05) is 43.3 Å². The first-order valence-corrected chi connectivity index (χ1v) is 8.27. The van der Waals surface area contributed by atoms with Crippen LogP contribution in [0.2, 0.25) is 0 Å². The zero-order valence-electron chi connectivity index (χ0n) is 14.5. The maximum Gasteiger partial charge on any atom is 0.136 e. The van der Waals surface area contributed by atoms with Gasteiger partial charge in [-0.3, -0.25) is 0 Å². The molecule has 0 atom stereocenters. The van der Waals surface area contributed by atoms with Crippen molar-refractivity contribution in [3.63, 3.8) is 0 Å². The summed E-state index contributed by atoms with van der Waals surface area (Å²) in [5.74, 6) is 3.13. The lowest BCUT2D eigenvalue weighted by atomic mass is 10.1. The Balaban J connectivity index is 1.63. The van der Waals surface area contributed by atoms with Crippen molar-refractivity contribution in [1.82, 2.24) is 9.97 Å². The van der Waals surface area contributed by atoms with Crippen LogP contribution in [0.3, 0.4) is 0 Å². The molecule has 0 amide bonds. The van der Waals surface area contributed by atoms with Gasteiger partial charge in [0, 0.05) is 18.3 Å². The first kappa shape index (κ1) is 16.8. The van der Waals surface area contributed by atoms with Gasteiger partial charge in [0.15, 0.2) is 0 Å². The third-order valence-electron chi connectivity index (χ3n) is 3.76. The SMILES string of the molecule is COc1ccc(Nc2cc(NCCc3ccccc3)nc(C)n2)cc1. The van der Waals surface area contributed by atoms with Crippen LogP contribution in [0.25, 0.3) is 0 Å². The molecule has 1 heterocycles. The maximum absolute atomic E-state index is 5.17. The molecule has 5 heteroatoms. The van der Waals surface area contributed by atoms with Crippen LogP contribution in [0.15, 0.2) is 60.7 Å². The first-order valence-electron chi connectivity index (χ1n) is 8.27. The van der Waals surface area contributed by atoms with Crippen LogP contribution in [0.5, 0.6) is 5.75 Å². The van der Waals surface area contributed by atoms with Crippen LogP contribution in [0.4, 0.5) is 17.3 Å². The molecule has 3 aromatic rings. The Morgan fingerprint density at radius 1 is 0.920 bits per heavy atom. The van der Waals surface area contributed by atoms with Crippen LogP contribution in [0, 0.1) is 6.92 Å². The van der Waals surface area contributed by atoms with Gasteiger partial charge in [-0.15, -0.1) is 0 Å². The van der Waals surface area contributed by atoms with Crippen molar-refractivity contribution >= 4 is 17.3 Å². The molecule has 0 aliphatic rings. The van der Waals surface area contributed by atoms with Gasteiger partial charge < -0.3 is 15.4 Å². The topological polar surface area (TPSA) is 59.1 Å². The predicted octanol–water partition coefficient (Wildman–Crippen LogP) is 4.19. The molecular weight excluding hydrogens is 312 g/mol. The Hall–Kier alpha value is -3.08. The lowest BCUT2D eigenvalue weighted by Crippen LogP contribution is -2.08. The highest BCUT2D eigenvalue weighted by Gasteiger charge is 2.03. The van der Waals surface area contributed by atoms with Crippen LogP contribution in [-0.2, 0) is 6.42 Å². The summed E-state index contributed by atoms with van der Waals surface area (Å²) < 4.78 is 5.17. The molecule has 0 fully saturated rings. The Bertz CT molecular complexity index is 804. The summed E-state index contributed by atoms with van der Waals surface area (Å²) in [5, 5.41) is 6.67.